The minimum absolute atomic E-state index is 0.0123. The van der Waals surface area contributed by atoms with Gasteiger partial charge in [-0.05, 0) is 23.0 Å². The molecule has 158 valence electrons. The van der Waals surface area contributed by atoms with Crippen molar-refractivity contribution in [3.05, 3.63) is 53.6 Å². The van der Waals surface area contributed by atoms with E-state index in [-0.39, 0.29) is 18.0 Å². The molecule has 1 aromatic carbocycles. The van der Waals surface area contributed by atoms with Crippen molar-refractivity contribution in [2.24, 2.45) is 13.0 Å². The van der Waals surface area contributed by atoms with E-state index in [9.17, 15) is 4.79 Å². The van der Waals surface area contributed by atoms with Crippen molar-refractivity contribution in [1.82, 2.24) is 25.1 Å². The molecule has 0 saturated carbocycles. The quantitative estimate of drug-likeness (QED) is 0.754. The number of hydrogen-bond donors (Lipinski definition) is 2. The maximum absolute atomic E-state index is 13.0. The molecule has 1 aliphatic rings. The second kappa shape index (κ2) is 9.55. The molecule has 0 spiro atoms. The molecular formula is C23H35N5O. The summed E-state index contributed by atoms with van der Waals surface area (Å²) in [4.78, 5) is 19.7. The molecule has 1 amide bonds. The van der Waals surface area contributed by atoms with Crippen LogP contribution < -0.4 is 10.6 Å². The zero-order chi connectivity index (χ0) is 21.0. The van der Waals surface area contributed by atoms with Gasteiger partial charge in [0.2, 0.25) is 5.91 Å². The lowest BCUT2D eigenvalue weighted by Gasteiger charge is -2.35. The minimum Gasteiger partial charge on any atom is -0.348 e. The van der Waals surface area contributed by atoms with Crippen LogP contribution in [-0.2, 0) is 11.8 Å². The van der Waals surface area contributed by atoms with Crippen LogP contribution in [0.4, 0.5) is 0 Å². The summed E-state index contributed by atoms with van der Waals surface area (Å²) in [6, 6.07) is 8.78. The number of hydrogen-bond acceptors (Lipinski definition) is 4. The van der Waals surface area contributed by atoms with Crippen LogP contribution in [-0.4, -0.2) is 46.5 Å². The molecule has 0 aliphatic carbocycles. The van der Waals surface area contributed by atoms with Crippen LogP contribution in [0.5, 0.6) is 0 Å². The lowest BCUT2D eigenvalue weighted by Crippen LogP contribution is -2.50. The highest BCUT2D eigenvalue weighted by molar-refractivity contribution is 5.78. The van der Waals surface area contributed by atoms with Gasteiger partial charge in [0.1, 0.15) is 5.82 Å². The van der Waals surface area contributed by atoms with Crippen LogP contribution in [0, 0.1) is 5.92 Å². The topological polar surface area (TPSA) is 62.2 Å². The largest absolute Gasteiger partial charge is 0.348 e. The van der Waals surface area contributed by atoms with Gasteiger partial charge in [0.15, 0.2) is 0 Å². The van der Waals surface area contributed by atoms with Gasteiger partial charge < -0.3 is 15.2 Å². The molecule has 2 N–H and O–H groups in total. The Kier molecular flexibility index (Phi) is 7.09. The summed E-state index contributed by atoms with van der Waals surface area (Å²) in [7, 11) is 2.00. The highest BCUT2D eigenvalue weighted by Gasteiger charge is 2.29. The highest BCUT2D eigenvalue weighted by atomic mass is 16.2. The van der Waals surface area contributed by atoms with Crippen LogP contribution >= 0.6 is 0 Å². The van der Waals surface area contributed by atoms with Crippen molar-refractivity contribution < 1.29 is 4.79 Å². The number of piperazine rings is 1. The molecular weight excluding hydrogens is 362 g/mol. The van der Waals surface area contributed by atoms with Crippen molar-refractivity contribution in [2.75, 3.05) is 26.2 Å². The van der Waals surface area contributed by atoms with Gasteiger partial charge >= 0.3 is 0 Å². The Balaban J connectivity index is 1.68. The van der Waals surface area contributed by atoms with E-state index in [0.717, 1.165) is 25.5 Å². The molecule has 1 saturated heterocycles. The van der Waals surface area contributed by atoms with Gasteiger partial charge in [0.25, 0.3) is 0 Å². The lowest BCUT2D eigenvalue weighted by atomic mass is 9.93. The second-order valence-electron chi connectivity index (χ2n) is 8.70. The van der Waals surface area contributed by atoms with E-state index in [1.165, 1.54) is 11.1 Å². The summed E-state index contributed by atoms with van der Waals surface area (Å²) in [5.74, 6) is 1.89. The van der Waals surface area contributed by atoms with Crippen molar-refractivity contribution >= 4 is 5.91 Å². The fourth-order valence-electron chi connectivity index (χ4n) is 4.02. The van der Waals surface area contributed by atoms with E-state index in [1.807, 2.05) is 24.0 Å². The smallest absolute Gasteiger partial charge is 0.234 e. The first-order valence-corrected chi connectivity index (χ1v) is 10.7. The molecule has 29 heavy (non-hydrogen) atoms. The predicted molar refractivity (Wildman–Crippen MR) is 117 cm³/mol. The molecule has 1 aliphatic heterocycles. The van der Waals surface area contributed by atoms with Gasteiger partial charge in [-0.3, -0.25) is 9.69 Å². The number of imidazole rings is 1. The monoisotopic (exact) mass is 397 g/mol. The Hall–Kier alpha value is -2.18. The van der Waals surface area contributed by atoms with Crippen LogP contribution in [0.25, 0.3) is 0 Å². The van der Waals surface area contributed by atoms with E-state index in [2.05, 4.69) is 72.5 Å². The first kappa shape index (κ1) is 21.5. The number of carbonyl (C=O) groups is 1. The Morgan fingerprint density at radius 3 is 2.48 bits per heavy atom. The molecule has 0 radical (unpaired) electrons. The third-order valence-electron chi connectivity index (χ3n) is 5.80. The van der Waals surface area contributed by atoms with Gasteiger partial charge in [0.05, 0.1) is 18.6 Å². The van der Waals surface area contributed by atoms with Crippen LogP contribution in [0.2, 0.25) is 0 Å². The van der Waals surface area contributed by atoms with Crippen molar-refractivity contribution in [2.45, 2.75) is 45.7 Å². The van der Waals surface area contributed by atoms with Gasteiger partial charge in [-0.25, -0.2) is 4.98 Å². The minimum atomic E-state index is 0.0123. The number of nitrogens with one attached hydrogen (secondary N) is 2. The molecule has 6 heteroatoms. The number of carbonyl (C=O) groups excluding carboxylic acids is 1. The van der Waals surface area contributed by atoms with Crippen LogP contribution in [0.15, 0.2) is 36.7 Å². The first-order chi connectivity index (χ1) is 13.9. The van der Waals surface area contributed by atoms with Gasteiger partial charge in [-0.2, -0.15) is 0 Å². The fourth-order valence-corrected chi connectivity index (χ4v) is 4.02. The van der Waals surface area contributed by atoms with Crippen molar-refractivity contribution in [3.63, 3.8) is 0 Å². The Labute approximate surface area is 174 Å². The Morgan fingerprint density at radius 1 is 1.21 bits per heavy atom. The molecule has 0 bridgehead atoms. The third-order valence-corrected chi connectivity index (χ3v) is 5.80. The summed E-state index contributed by atoms with van der Waals surface area (Å²) in [6.07, 6.45) is 3.77. The van der Waals surface area contributed by atoms with Gasteiger partial charge in [-0.15, -0.1) is 0 Å². The molecule has 2 heterocycles. The number of aryl methyl sites for hydroxylation is 1. The van der Waals surface area contributed by atoms with E-state index in [1.54, 1.807) is 0 Å². The standard InChI is InChI=1S/C23H35N5O/c1-16(2)18-6-8-19(9-7-18)22(17(3)4)26-21(29)15-28-13-10-24-14-20(28)23-25-11-12-27(23)5/h6-9,11-12,16-17,20,22,24H,10,13-15H2,1-5H3,(H,26,29). The molecule has 1 fully saturated rings. The maximum atomic E-state index is 13.0. The van der Waals surface area contributed by atoms with E-state index in [0.29, 0.717) is 18.4 Å². The SMILES string of the molecule is CC(C)c1ccc(C(NC(=O)CN2CCNCC2c2nccn2C)C(C)C)cc1. The number of amides is 1. The summed E-state index contributed by atoms with van der Waals surface area (Å²) < 4.78 is 2.04. The highest BCUT2D eigenvalue weighted by Crippen LogP contribution is 2.25. The number of aromatic nitrogens is 2. The van der Waals surface area contributed by atoms with E-state index >= 15 is 0 Å². The molecule has 3 rings (SSSR count). The average Bonchev–Trinajstić information content (AvgIpc) is 3.12. The van der Waals surface area contributed by atoms with Gasteiger partial charge in [0, 0.05) is 39.1 Å². The van der Waals surface area contributed by atoms with E-state index in [4.69, 9.17) is 0 Å². The Bertz CT molecular complexity index is 796. The third kappa shape index (κ3) is 5.25. The average molecular weight is 398 g/mol. The van der Waals surface area contributed by atoms with Crippen LogP contribution in [0.3, 0.4) is 0 Å². The number of rotatable bonds is 7. The maximum Gasteiger partial charge on any atom is 0.234 e. The number of nitrogens with zero attached hydrogens (tertiary/aromatic N) is 3. The normalized spacial score (nSPS) is 18.9. The molecule has 2 unspecified atom stereocenters. The van der Waals surface area contributed by atoms with E-state index < -0.39 is 0 Å². The van der Waals surface area contributed by atoms with Crippen molar-refractivity contribution in [3.8, 4) is 0 Å². The molecule has 2 atom stereocenters. The lowest BCUT2D eigenvalue weighted by molar-refractivity contribution is -0.124. The zero-order valence-corrected chi connectivity index (χ0v) is 18.4. The summed E-state index contributed by atoms with van der Waals surface area (Å²) in [6.45, 7) is 11.6. The zero-order valence-electron chi connectivity index (χ0n) is 18.4. The van der Waals surface area contributed by atoms with Crippen molar-refractivity contribution in [1.29, 1.82) is 0 Å². The predicted octanol–water partition coefficient (Wildman–Crippen LogP) is 3.00. The Morgan fingerprint density at radius 2 is 1.90 bits per heavy atom. The summed E-state index contributed by atoms with van der Waals surface area (Å²) >= 11 is 0. The molecule has 2 aromatic rings. The van der Waals surface area contributed by atoms with Gasteiger partial charge in [-0.1, -0.05) is 52.0 Å². The summed E-state index contributed by atoms with van der Waals surface area (Å²) in [5.41, 5.74) is 2.49. The molecule has 1 aromatic heterocycles. The first-order valence-electron chi connectivity index (χ1n) is 10.7. The fraction of sp³-hybridized carbons (Fsp3) is 0.565. The summed E-state index contributed by atoms with van der Waals surface area (Å²) in [5, 5.41) is 6.71. The van der Waals surface area contributed by atoms with Crippen LogP contribution in [0.1, 0.15) is 62.6 Å². The number of benzene rings is 1. The second-order valence-corrected chi connectivity index (χ2v) is 8.70. The molecule has 6 nitrogen and oxygen atoms in total.